The molecule has 4 rings (SSSR count). The SMILES string of the molecule is CC.CC.CC(C)c1nc(C(C)C)c2cccnc2n1.CC(C)c1nc(C(C)C)c2ncccc2n1. The Morgan fingerprint density at radius 1 is 0.528 bits per heavy atom. The van der Waals surface area contributed by atoms with E-state index >= 15 is 0 Å². The molecule has 0 saturated heterocycles. The van der Waals surface area contributed by atoms with Crippen LogP contribution in [0, 0.1) is 0 Å². The Labute approximate surface area is 218 Å². The van der Waals surface area contributed by atoms with Crippen molar-refractivity contribution in [3.63, 3.8) is 0 Å². The molecule has 0 spiro atoms. The maximum absolute atomic E-state index is 4.65. The fraction of sp³-hybridized carbons (Fsp3) is 0.533. The first-order valence-corrected chi connectivity index (χ1v) is 13.4. The highest BCUT2D eigenvalue weighted by Crippen LogP contribution is 2.24. The molecule has 0 radical (unpaired) electrons. The zero-order valence-electron chi connectivity index (χ0n) is 24.5. The van der Waals surface area contributed by atoms with Crippen LogP contribution in [0.3, 0.4) is 0 Å². The minimum Gasteiger partial charge on any atom is -0.253 e. The fourth-order valence-electron chi connectivity index (χ4n) is 3.37. The van der Waals surface area contributed by atoms with Crippen molar-refractivity contribution in [3.8, 4) is 0 Å². The van der Waals surface area contributed by atoms with Gasteiger partial charge in [-0.2, -0.15) is 0 Å². The molecule has 0 saturated carbocycles. The Balaban J connectivity index is 0.000000317. The minimum atomic E-state index is 0.337. The summed E-state index contributed by atoms with van der Waals surface area (Å²) in [4.78, 5) is 27.0. The third kappa shape index (κ3) is 8.00. The van der Waals surface area contributed by atoms with Crippen LogP contribution in [-0.2, 0) is 0 Å². The lowest BCUT2D eigenvalue weighted by molar-refractivity contribution is 0.740. The molecule has 6 nitrogen and oxygen atoms in total. The molecular formula is C30H46N6. The molecule has 0 aliphatic heterocycles. The second-order valence-electron chi connectivity index (χ2n) is 9.30. The van der Waals surface area contributed by atoms with Gasteiger partial charge in [0.25, 0.3) is 0 Å². The average Bonchev–Trinajstić information content (AvgIpc) is 2.89. The summed E-state index contributed by atoms with van der Waals surface area (Å²) in [5.74, 6) is 3.25. The molecule has 0 amide bonds. The molecule has 0 aliphatic rings. The van der Waals surface area contributed by atoms with Crippen LogP contribution in [-0.4, -0.2) is 29.9 Å². The largest absolute Gasteiger partial charge is 0.253 e. The van der Waals surface area contributed by atoms with Gasteiger partial charge in [-0.15, -0.1) is 0 Å². The molecule has 0 atom stereocenters. The molecule has 196 valence electrons. The minimum absolute atomic E-state index is 0.337. The van der Waals surface area contributed by atoms with E-state index in [1.165, 1.54) is 0 Å². The lowest BCUT2D eigenvalue weighted by Crippen LogP contribution is -2.05. The summed E-state index contributed by atoms with van der Waals surface area (Å²) in [7, 11) is 0. The Morgan fingerprint density at radius 3 is 1.58 bits per heavy atom. The lowest BCUT2D eigenvalue weighted by atomic mass is 10.1. The summed E-state index contributed by atoms with van der Waals surface area (Å²) in [5.41, 5.74) is 4.84. The zero-order valence-corrected chi connectivity index (χ0v) is 24.5. The van der Waals surface area contributed by atoms with Gasteiger partial charge in [-0.05, 0) is 36.1 Å². The van der Waals surface area contributed by atoms with Gasteiger partial charge in [-0.3, -0.25) is 4.98 Å². The fourth-order valence-corrected chi connectivity index (χ4v) is 3.37. The van der Waals surface area contributed by atoms with E-state index < -0.39 is 0 Å². The molecule has 0 bridgehead atoms. The quantitative estimate of drug-likeness (QED) is 0.285. The van der Waals surface area contributed by atoms with Crippen LogP contribution in [0.1, 0.15) is 130 Å². The molecular weight excluding hydrogens is 444 g/mol. The Bertz CT molecular complexity index is 1100. The smallest absolute Gasteiger partial charge is 0.163 e. The van der Waals surface area contributed by atoms with Crippen LogP contribution in [0.2, 0.25) is 0 Å². The van der Waals surface area contributed by atoms with Crippen LogP contribution >= 0.6 is 0 Å². The molecule has 4 aromatic heterocycles. The number of hydrogen-bond donors (Lipinski definition) is 0. The highest BCUT2D eigenvalue weighted by atomic mass is 15.0. The van der Waals surface area contributed by atoms with Gasteiger partial charge in [-0.25, -0.2) is 24.9 Å². The van der Waals surface area contributed by atoms with E-state index in [4.69, 9.17) is 0 Å². The van der Waals surface area contributed by atoms with E-state index in [9.17, 15) is 0 Å². The summed E-state index contributed by atoms with van der Waals surface area (Å²) >= 11 is 0. The number of pyridine rings is 2. The van der Waals surface area contributed by atoms with Crippen molar-refractivity contribution in [2.24, 2.45) is 0 Å². The van der Waals surface area contributed by atoms with E-state index in [1.807, 2.05) is 52.0 Å². The van der Waals surface area contributed by atoms with Crippen LogP contribution in [0.15, 0.2) is 36.7 Å². The second-order valence-corrected chi connectivity index (χ2v) is 9.30. The van der Waals surface area contributed by atoms with Gasteiger partial charge in [-0.1, -0.05) is 83.1 Å². The highest BCUT2D eigenvalue weighted by Gasteiger charge is 2.14. The van der Waals surface area contributed by atoms with E-state index in [-0.39, 0.29) is 0 Å². The van der Waals surface area contributed by atoms with Crippen molar-refractivity contribution < 1.29 is 0 Å². The summed E-state index contributed by atoms with van der Waals surface area (Å²) in [5, 5.41) is 1.07. The molecule has 4 aromatic rings. The van der Waals surface area contributed by atoms with Crippen molar-refractivity contribution in [2.45, 2.75) is 107 Å². The zero-order chi connectivity index (χ0) is 27.4. The summed E-state index contributed by atoms with van der Waals surface area (Å²) in [6, 6.07) is 7.90. The predicted octanol–water partition coefficient (Wildman–Crippen LogP) is 8.60. The third-order valence-electron chi connectivity index (χ3n) is 5.14. The average molecular weight is 491 g/mol. The van der Waals surface area contributed by atoms with Crippen LogP contribution in [0.4, 0.5) is 0 Å². The van der Waals surface area contributed by atoms with Gasteiger partial charge in [0.2, 0.25) is 0 Å². The third-order valence-corrected chi connectivity index (χ3v) is 5.14. The number of aromatic nitrogens is 6. The summed E-state index contributed by atoms with van der Waals surface area (Å²) in [6.07, 6.45) is 3.58. The van der Waals surface area contributed by atoms with Crippen LogP contribution < -0.4 is 0 Å². The Morgan fingerprint density at radius 2 is 1.03 bits per heavy atom. The second kappa shape index (κ2) is 15.2. The molecule has 0 aromatic carbocycles. The first-order valence-electron chi connectivity index (χ1n) is 13.4. The topological polar surface area (TPSA) is 77.3 Å². The van der Waals surface area contributed by atoms with Crippen LogP contribution in [0.25, 0.3) is 22.1 Å². The first-order chi connectivity index (χ1) is 17.2. The summed E-state index contributed by atoms with van der Waals surface area (Å²) in [6.45, 7) is 25.0. The molecule has 0 N–H and O–H groups in total. The van der Waals surface area contributed by atoms with E-state index in [0.29, 0.717) is 23.7 Å². The highest BCUT2D eigenvalue weighted by molar-refractivity contribution is 5.77. The maximum atomic E-state index is 4.65. The Hall–Kier alpha value is -3.02. The maximum Gasteiger partial charge on any atom is 0.163 e. The number of rotatable bonds is 4. The van der Waals surface area contributed by atoms with Gasteiger partial charge in [0, 0.05) is 29.6 Å². The van der Waals surface area contributed by atoms with E-state index in [0.717, 1.165) is 45.1 Å². The normalized spacial score (nSPS) is 10.7. The van der Waals surface area contributed by atoms with E-state index in [1.54, 1.807) is 12.4 Å². The Kier molecular flexibility index (Phi) is 13.1. The van der Waals surface area contributed by atoms with E-state index in [2.05, 4.69) is 85.3 Å². The van der Waals surface area contributed by atoms with Crippen molar-refractivity contribution in [1.82, 2.24) is 29.9 Å². The van der Waals surface area contributed by atoms with Gasteiger partial charge < -0.3 is 0 Å². The van der Waals surface area contributed by atoms with Crippen molar-refractivity contribution in [3.05, 3.63) is 59.7 Å². The molecule has 0 unspecified atom stereocenters. The van der Waals surface area contributed by atoms with Gasteiger partial charge >= 0.3 is 0 Å². The van der Waals surface area contributed by atoms with Crippen molar-refractivity contribution >= 4 is 22.1 Å². The van der Waals surface area contributed by atoms with Gasteiger partial charge in [0.1, 0.15) is 17.2 Å². The number of hydrogen-bond acceptors (Lipinski definition) is 6. The van der Waals surface area contributed by atoms with Crippen LogP contribution in [0.5, 0.6) is 0 Å². The summed E-state index contributed by atoms with van der Waals surface area (Å²) < 4.78 is 0. The molecule has 4 heterocycles. The lowest BCUT2D eigenvalue weighted by Gasteiger charge is -2.11. The van der Waals surface area contributed by atoms with Crippen molar-refractivity contribution in [1.29, 1.82) is 0 Å². The van der Waals surface area contributed by atoms with Gasteiger partial charge in [0.15, 0.2) is 5.65 Å². The molecule has 36 heavy (non-hydrogen) atoms. The molecule has 0 aliphatic carbocycles. The number of fused-ring (bicyclic) bond motifs is 2. The molecule has 0 fully saturated rings. The first kappa shape index (κ1) is 31.0. The number of nitrogens with zero attached hydrogens (tertiary/aromatic N) is 6. The predicted molar refractivity (Wildman–Crippen MR) is 154 cm³/mol. The van der Waals surface area contributed by atoms with Gasteiger partial charge in [0.05, 0.1) is 16.9 Å². The standard InChI is InChI=1S/2C13H17N3.2C2H6/c1-8(2)11-12-10(6-5-7-14-12)15-13(16-11)9(3)4;1-8(2)11-10-6-5-7-14-13(10)16-12(15-11)9(3)4;2*1-2/h2*5-9H,1-4H3;2*1-2H3. The van der Waals surface area contributed by atoms with Crippen molar-refractivity contribution in [2.75, 3.05) is 0 Å². The monoisotopic (exact) mass is 490 g/mol. The molecule has 6 heteroatoms.